The van der Waals surface area contributed by atoms with E-state index in [2.05, 4.69) is 5.32 Å². The standard InChI is InChI=1S/C8H15Cl2NO/c1-3-4-7(12)11-8(2,5-9)6-10/h3-6H2,1-2H3,(H,11,12). The lowest BCUT2D eigenvalue weighted by molar-refractivity contribution is -0.122. The van der Waals surface area contributed by atoms with Gasteiger partial charge in [0.2, 0.25) is 5.91 Å². The van der Waals surface area contributed by atoms with Crippen LogP contribution in [-0.4, -0.2) is 23.2 Å². The molecule has 0 aromatic heterocycles. The maximum Gasteiger partial charge on any atom is 0.220 e. The normalized spacial score (nSPS) is 11.3. The van der Waals surface area contributed by atoms with E-state index < -0.39 is 5.54 Å². The summed E-state index contributed by atoms with van der Waals surface area (Å²) in [6.45, 7) is 3.79. The van der Waals surface area contributed by atoms with Gasteiger partial charge in [-0.15, -0.1) is 23.2 Å². The van der Waals surface area contributed by atoms with Gasteiger partial charge in [-0.05, 0) is 13.3 Å². The first-order chi connectivity index (χ1) is 5.58. The number of nitrogens with one attached hydrogen (secondary N) is 1. The smallest absolute Gasteiger partial charge is 0.220 e. The van der Waals surface area contributed by atoms with E-state index in [4.69, 9.17) is 23.2 Å². The summed E-state index contributed by atoms with van der Waals surface area (Å²) in [6, 6.07) is 0. The molecule has 0 aromatic rings. The third kappa shape index (κ3) is 4.17. The van der Waals surface area contributed by atoms with Crippen molar-refractivity contribution in [2.45, 2.75) is 32.2 Å². The van der Waals surface area contributed by atoms with E-state index in [9.17, 15) is 4.79 Å². The van der Waals surface area contributed by atoms with Crippen molar-refractivity contribution in [3.63, 3.8) is 0 Å². The van der Waals surface area contributed by atoms with Crippen LogP contribution in [0.1, 0.15) is 26.7 Å². The third-order valence-corrected chi connectivity index (χ3v) is 2.69. The number of halogens is 2. The molecule has 2 nitrogen and oxygen atoms in total. The molecule has 72 valence electrons. The monoisotopic (exact) mass is 211 g/mol. The fourth-order valence-electron chi connectivity index (χ4n) is 0.729. The van der Waals surface area contributed by atoms with E-state index in [0.717, 1.165) is 6.42 Å². The fourth-order valence-corrected chi connectivity index (χ4v) is 1.15. The maximum atomic E-state index is 11.1. The summed E-state index contributed by atoms with van der Waals surface area (Å²) in [5, 5.41) is 2.79. The second kappa shape index (κ2) is 5.65. The average Bonchev–Trinajstić information content (AvgIpc) is 2.05. The summed E-state index contributed by atoms with van der Waals surface area (Å²) in [4.78, 5) is 11.1. The minimum absolute atomic E-state index is 0.0151. The average molecular weight is 212 g/mol. The van der Waals surface area contributed by atoms with Crippen LogP contribution in [0.2, 0.25) is 0 Å². The lowest BCUT2D eigenvalue weighted by Gasteiger charge is -2.25. The van der Waals surface area contributed by atoms with Crippen LogP contribution in [0, 0.1) is 0 Å². The van der Waals surface area contributed by atoms with Crippen LogP contribution in [-0.2, 0) is 4.79 Å². The van der Waals surface area contributed by atoms with Crippen LogP contribution < -0.4 is 5.32 Å². The Bertz CT molecular complexity index is 146. The topological polar surface area (TPSA) is 29.1 Å². The fraction of sp³-hybridized carbons (Fsp3) is 0.875. The molecule has 0 bridgehead atoms. The zero-order chi connectivity index (χ0) is 9.61. The molecule has 1 N–H and O–H groups in total. The van der Waals surface area contributed by atoms with Gasteiger partial charge in [-0.25, -0.2) is 0 Å². The zero-order valence-electron chi connectivity index (χ0n) is 7.49. The lowest BCUT2D eigenvalue weighted by atomic mass is 10.1. The van der Waals surface area contributed by atoms with Crippen LogP contribution >= 0.6 is 23.2 Å². The molecule has 1 amide bonds. The highest BCUT2D eigenvalue weighted by molar-refractivity contribution is 6.22. The molecule has 0 aromatic carbocycles. The maximum absolute atomic E-state index is 11.1. The first kappa shape index (κ1) is 12.0. The molecule has 0 fully saturated rings. The van der Waals surface area contributed by atoms with Gasteiger partial charge in [-0.1, -0.05) is 6.92 Å². The second-order valence-electron chi connectivity index (χ2n) is 3.13. The van der Waals surface area contributed by atoms with Crippen molar-refractivity contribution in [3.05, 3.63) is 0 Å². The number of carbonyl (C=O) groups excluding carboxylic acids is 1. The molecule has 0 spiro atoms. The molecule has 0 heterocycles. The Hall–Kier alpha value is 0.0500. The number of carbonyl (C=O) groups is 1. The van der Waals surface area contributed by atoms with Gasteiger partial charge in [-0.3, -0.25) is 4.79 Å². The van der Waals surface area contributed by atoms with Crippen molar-refractivity contribution in [3.8, 4) is 0 Å². The molecule has 12 heavy (non-hydrogen) atoms. The van der Waals surface area contributed by atoms with E-state index in [-0.39, 0.29) is 5.91 Å². The van der Waals surface area contributed by atoms with Gasteiger partial charge in [-0.2, -0.15) is 0 Å². The quantitative estimate of drug-likeness (QED) is 0.695. The molecule has 0 radical (unpaired) electrons. The van der Waals surface area contributed by atoms with Gasteiger partial charge >= 0.3 is 0 Å². The molecule has 0 aliphatic carbocycles. The number of amides is 1. The van der Waals surface area contributed by atoms with Crippen LogP contribution in [0.25, 0.3) is 0 Å². The van der Waals surface area contributed by atoms with Gasteiger partial charge < -0.3 is 5.32 Å². The number of hydrogen-bond acceptors (Lipinski definition) is 1. The van der Waals surface area contributed by atoms with Crippen LogP contribution in [0.15, 0.2) is 0 Å². The summed E-state index contributed by atoms with van der Waals surface area (Å²) >= 11 is 11.3. The van der Waals surface area contributed by atoms with Crippen molar-refractivity contribution in [1.82, 2.24) is 5.32 Å². The Morgan fingerprint density at radius 2 is 1.92 bits per heavy atom. The predicted molar refractivity (Wildman–Crippen MR) is 52.9 cm³/mol. The molecular formula is C8H15Cl2NO. The third-order valence-electron chi connectivity index (χ3n) is 1.51. The summed E-state index contributed by atoms with van der Waals surface area (Å²) in [6.07, 6.45) is 1.37. The lowest BCUT2D eigenvalue weighted by Crippen LogP contribution is -2.49. The minimum Gasteiger partial charge on any atom is -0.349 e. The number of hydrogen-bond donors (Lipinski definition) is 1. The van der Waals surface area contributed by atoms with Crippen LogP contribution in [0.3, 0.4) is 0 Å². The van der Waals surface area contributed by atoms with Crippen LogP contribution in [0.4, 0.5) is 0 Å². The summed E-state index contributed by atoms with van der Waals surface area (Å²) in [5.74, 6) is 0.694. The molecule has 0 unspecified atom stereocenters. The van der Waals surface area contributed by atoms with Crippen molar-refractivity contribution in [2.24, 2.45) is 0 Å². The first-order valence-electron chi connectivity index (χ1n) is 4.01. The Kier molecular flexibility index (Phi) is 5.68. The van der Waals surface area contributed by atoms with Crippen molar-refractivity contribution in [2.75, 3.05) is 11.8 Å². The Balaban J connectivity index is 3.93. The molecular weight excluding hydrogens is 197 g/mol. The molecule has 0 rings (SSSR count). The highest BCUT2D eigenvalue weighted by atomic mass is 35.5. The molecule has 4 heteroatoms. The van der Waals surface area contributed by atoms with Crippen molar-refractivity contribution < 1.29 is 4.79 Å². The Morgan fingerprint density at radius 3 is 2.25 bits per heavy atom. The largest absolute Gasteiger partial charge is 0.349 e. The highest BCUT2D eigenvalue weighted by Crippen LogP contribution is 2.09. The van der Waals surface area contributed by atoms with Gasteiger partial charge in [0.15, 0.2) is 0 Å². The first-order valence-corrected chi connectivity index (χ1v) is 5.08. The molecule has 0 saturated heterocycles. The summed E-state index contributed by atoms with van der Waals surface area (Å²) in [7, 11) is 0. The van der Waals surface area contributed by atoms with E-state index in [1.807, 2.05) is 13.8 Å². The highest BCUT2D eigenvalue weighted by Gasteiger charge is 2.23. The van der Waals surface area contributed by atoms with E-state index in [1.165, 1.54) is 0 Å². The molecule has 0 aliphatic rings. The van der Waals surface area contributed by atoms with Crippen molar-refractivity contribution in [1.29, 1.82) is 0 Å². The predicted octanol–water partition coefficient (Wildman–Crippen LogP) is 2.14. The molecule has 0 aliphatic heterocycles. The van der Waals surface area contributed by atoms with Gasteiger partial charge in [0.1, 0.15) is 0 Å². The molecule has 0 atom stereocenters. The van der Waals surface area contributed by atoms with Gasteiger partial charge in [0.05, 0.1) is 5.54 Å². The zero-order valence-corrected chi connectivity index (χ0v) is 9.00. The second-order valence-corrected chi connectivity index (χ2v) is 3.66. The Labute approximate surface area is 83.6 Å². The SMILES string of the molecule is CCCC(=O)NC(C)(CCl)CCl. The van der Waals surface area contributed by atoms with E-state index >= 15 is 0 Å². The molecule has 0 saturated carbocycles. The van der Waals surface area contributed by atoms with Crippen molar-refractivity contribution >= 4 is 29.1 Å². The van der Waals surface area contributed by atoms with Gasteiger partial charge in [0, 0.05) is 18.2 Å². The van der Waals surface area contributed by atoms with E-state index in [0.29, 0.717) is 18.2 Å². The summed E-state index contributed by atoms with van der Waals surface area (Å²) in [5.41, 5.74) is -0.463. The van der Waals surface area contributed by atoms with E-state index in [1.54, 1.807) is 0 Å². The van der Waals surface area contributed by atoms with Crippen LogP contribution in [0.5, 0.6) is 0 Å². The minimum atomic E-state index is -0.463. The summed E-state index contributed by atoms with van der Waals surface area (Å²) < 4.78 is 0. The number of rotatable bonds is 5. The Morgan fingerprint density at radius 1 is 1.42 bits per heavy atom. The van der Waals surface area contributed by atoms with Gasteiger partial charge in [0.25, 0.3) is 0 Å². The number of alkyl halides is 2.